The molecule has 2 rings (SSSR count). The Morgan fingerprint density at radius 1 is 1.10 bits per heavy atom. The maximum absolute atomic E-state index is 12.2. The molecule has 0 saturated heterocycles. The number of aliphatic hydroxyl groups excluding tert-OH is 1. The predicted molar refractivity (Wildman–Crippen MR) is 78.0 cm³/mol. The zero-order valence-corrected chi connectivity index (χ0v) is 12.1. The molecule has 2 N–H and O–H groups in total. The van der Waals surface area contributed by atoms with E-state index in [1.807, 2.05) is 6.07 Å². The van der Waals surface area contributed by atoms with Gasteiger partial charge in [0.25, 0.3) is 0 Å². The van der Waals surface area contributed by atoms with Crippen molar-refractivity contribution >= 4 is 21.6 Å². The molecule has 2 aromatic rings. The summed E-state index contributed by atoms with van der Waals surface area (Å²) in [6.45, 7) is -0.330. The Morgan fingerprint density at radius 3 is 2.40 bits per heavy atom. The summed E-state index contributed by atoms with van der Waals surface area (Å²) in [7, 11) is -3.74. The fourth-order valence-electron chi connectivity index (χ4n) is 1.79. The van der Waals surface area contributed by atoms with Gasteiger partial charge in [-0.1, -0.05) is 48.0 Å². The molecule has 4 nitrogen and oxygen atoms in total. The van der Waals surface area contributed by atoms with Gasteiger partial charge in [-0.2, -0.15) is 0 Å². The zero-order chi connectivity index (χ0) is 14.6. The molecule has 0 bridgehead atoms. The van der Waals surface area contributed by atoms with Gasteiger partial charge in [-0.15, -0.1) is 0 Å². The van der Waals surface area contributed by atoms with E-state index in [1.54, 1.807) is 36.4 Å². The van der Waals surface area contributed by atoms with Crippen molar-refractivity contribution in [1.29, 1.82) is 0 Å². The number of nitrogens with one attached hydrogen (secondary N) is 1. The molecular formula is C14H14ClNO3S. The smallest absolute Gasteiger partial charge is 0.241 e. The third-order valence-corrected chi connectivity index (χ3v) is 4.49. The van der Waals surface area contributed by atoms with Crippen molar-refractivity contribution in [2.75, 3.05) is 6.61 Å². The van der Waals surface area contributed by atoms with Crippen molar-refractivity contribution in [3.63, 3.8) is 0 Å². The highest BCUT2D eigenvalue weighted by Gasteiger charge is 2.20. The SMILES string of the molecule is O=S(=O)(NC(CO)c1ccccc1)c1cccc(Cl)c1. The van der Waals surface area contributed by atoms with Gasteiger partial charge in [0.05, 0.1) is 17.5 Å². The largest absolute Gasteiger partial charge is 0.394 e. The fourth-order valence-corrected chi connectivity index (χ4v) is 3.30. The molecule has 106 valence electrons. The maximum Gasteiger partial charge on any atom is 0.241 e. The Hall–Kier alpha value is -1.40. The van der Waals surface area contributed by atoms with Gasteiger partial charge in [0, 0.05) is 5.02 Å². The summed E-state index contributed by atoms with van der Waals surface area (Å²) in [4.78, 5) is 0.0689. The molecule has 1 unspecified atom stereocenters. The number of hydrogen-bond acceptors (Lipinski definition) is 3. The average molecular weight is 312 g/mol. The van der Waals surface area contributed by atoms with E-state index in [1.165, 1.54) is 12.1 Å². The van der Waals surface area contributed by atoms with Gasteiger partial charge in [0.2, 0.25) is 10.0 Å². The Balaban J connectivity index is 2.27. The predicted octanol–water partition coefficient (Wildman–Crippen LogP) is 2.35. The third kappa shape index (κ3) is 3.58. The van der Waals surface area contributed by atoms with Crippen LogP contribution in [0.1, 0.15) is 11.6 Å². The van der Waals surface area contributed by atoms with Crippen LogP contribution >= 0.6 is 11.6 Å². The van der Waals surface area contributed by atoms with E-state index in [9.17, 15) is 13.5 Å². The molecule has 0 radical (unpaired) electrons. The quantitative estimate of drug-likeness (QED) is 0.891. The lowest BCUT2D eigenvalue weighted by molar-refractivity contribution is 0.259. The first-order valence-corrected chi connectivity index (χ1v) is 7.83. The first-order valence-electron chi connectivity index (χ1n) is 5.96. The minimum absolute atomic E-state index is 0.0689. The summed E-state index contributed by atoms with van der Waals surface area (Å²) in [5, 5.41) is 9.73. The van der Waals surface area contributed by atoms with Crippen LogP contribution in [0.25, 0.3) is 0 Å². The van der Waals surface area contributed by atoms with E-state index in [-0.39, 0.29) is 11.5 Å². The van der Waals surface area contributed by atoms with Gasteiger partial charge in [-0.25, -0.2) is 13.1 Å². The summed E-state index contributed by atoms with van der Waals surface area (Å²) in [6, 6.07) is 14.2. The molecule has 6 heteroatoms. The van der Waals surface area contributed by atoms with Crippen LogP contribution in [0.3, 0.4) is 0 Å². The van der Waals surface area contributed by atoms with Crippen LogP contribution in [-0.2, 0) is 10.0 Å². The lowest BCUT2D eigenvalue weighted by atomic mass is 10.1. The second-order valence-electron chi connectivity index (χ2n) is 4.22. The zero-order valence-electron chi connectivity index (χ0n) is 10.5. The highest BCUT2D eigenvalue weighted by Crippen LogP contribution is 2.19. The molecule has 0 saturated carbocycles. The highest BCUT2D eigenvalue weighted by molar-refractivity contribution is 7.89. The van der Waals surface area contributed by atoms with Gasteiger partial charge in [-0.05, 0) is 23.8 Å². The fraction of sp³-hybridized carbons (Fsp3) is 0.143. The minimum atomic E-state index is -3.74. The molecule has 0 aromatic heterocycles. The van der Waals surface area contributed by atoms with Crippen LogP contribution < -0.4 is 4.72 Å². The molecule has 0 aliphatic rings. The second-order valence-corrected chi connectivity index (χ2v) is 6.37. The summed E-state index contributed by atoms with van der Waals surface area (Å²) >= 11 is 5.80. The van der Waals surface area contributed by atoms with E-state index in [4.69, 9.17) is 11.6 Å². The Labute approximate surface area is 123 Å². The van der Waals surface area contributed by atoms with Gasteiger partial charge in [0.15, 0.2) is 0 Å². The number of rotatable bonds is 5. The van der Waals surface area contributed by atoms with E-state index in [2.05, 4.69) is 4.72 Å². The number of hydrogen-bond donors (Lipinski definition) is 2. The lowest BCUT2D eigenvalue weighted by Crippen LogP contribution is -2.30. The Bertz CT molecular complexity index is 674. The van der Waals surface area contributed by atoms with Gasteiger partial charge in [0.1, 0.15) is 0 Å². The van der Waals surface area contributed by atoms with Crippen LogP contribution in [0.5, 0.6) is 0 Å². The van der Waals surface area contributed by atoms with Crippen LogP contribution in [0.2, 0.25) is 5.02 Å². The van der Waals surface area contributed by atoms with Crippen molar-refractivity contribution in [3.05, 3.63) is 65.2 Å². The first kappa shape index (κ1) is 15.0. The monoisotopic (exact) mass is 311 g/mol. The van der Waals surface area contributed by atoms with Crippen molar-refractivity contribution in [2.45, 2.75) is 10.9 Å². The first-order chi connectivity index (χ1) is 9.53. The molecule has 0 fully saturated rings. The van der Waals surface area contributed by atoms with Crippen LogP contribution in [0.4, 0.5) is 0 Å². The Morgan fingerprint density at radius 2 is 1.80 bits per heavy atom. The molecule has 1 atom stereocenters. The van der Waals surface area contributed by atoms with Crippen LogP contribution in [-0.4, -0.2) is 20.1 Å². The van der Waals surface area contributed by atoms with E-state index in [0.717, 1.165) is 0 Å². The number of sulfonamides is 1. The average Bonchev–Trinajstić information content (AvgIpc) is 2.46. The van der Waals surface area contributed by atoms with Crippen LogP contribution in [0.15, 0.2) is 59.5 Å². The highest BCUT2D eigenvalue weighted by atomic mass is 35.5. The van der Waals surface area contributed by atoms with E-state index >= 15 is 0 Å². The molecule has 2 aromatic carbocycles. The summed E-state index contributed by atoms with van der Waals surface area (Å²) in [5.41, 5.74) is 0.695. The minimum Gasteiger partial charge on any atom is -0.394 e. The standard InChI is InChI=1S/C14H14ClNO3S/c15-12-7-4-8-13(9-12)20(18,19)16-14(10-17)11-5-2-1-3-6-11/h1-9,14,16-17H,10H2. The normalized spacial score (nSPS) is 13.1. The topological polar surface area (TPSA) is 66.4 Å². The summed E-state index contributed by atoms with van der Waals surface area (Å²) < 4.78 is 27.0. The molecule has 0 spiro atoms. The summed E-state index contributed by atoms with van der Waals surface area (Å²) in [5.74, 6) is 0. The van der Waals surface area contributed by atoms with Gasteiger partial charge >= 0.3 is 0 Å². The number of benzene rings is 2. The molecule has 0 amide bonds. The lowest BCUT2D eigenvalue weighted by Gasteiger charge is -2.17. The van der Waals surface area contributed by atoms with E-state index in [0.29, 0.717) is 10.6 Å². The van der Waals surface area contributed by atoms with Crippen molar-refractivity contribution in [1.82, 2.24) is 4.72 Å². The number of halogens is 1. The van der Waals surface area contributed by atoms with Gasteiger partial charge in [-0.3, -0.25) is 0 Å². The maximum atomic E-state index is 12.2. The number of aliphatic hydroxyl groups is 1. The molecular weight excluding hydrogens is 298 g/mol. The summed E-state index contributed by atoms with van der Waals surface area (Å²) in [6.07, 6.45) is 0. The second kappa shape index (κ2) is 6.37. The van der Waals surface area contributed by atoms with Gasteiger partial charge < -0.3 is 5.11 Å². The molecule has 0 aliphatic heterocycles. The molecule has 0 heterocycles. The van der Waals surface area contributed by atoms with Crippen molar-refractivity contribution in [2.24, 2.45) is 0 Å². The van der Waals surface area contributed by atoms with Crippen molar-refractivity contribution in [3.8, 4) is 0 Å². The third-order valence-electron chi connectivity index (χ3n) is 2.79. The van der Waals surface area contributed by atoms with Crippen molar-refractivity contribution < 1.29 is 13.5 Å². The van der Waals surface area contributed by atoms with E-state index < -0.39 is 16.1 Å². The van der Waals surface area contributed by atoms with Crippen LogP contribution in [0, 0.1) is 0 Å². The molecule has 20 heavy (non-hydrogen) atoms. The Kier molecular flexibility index (Phi) is 4.77. The molecule has 0 aliphatic carbocycles.